The Hall–Kier alpha value is -1.20. The van der Waals surface area contributed by atoms with Crippen molar-refractivity contribution >= 4 is 0 Å². The van der Waals surface area contributed by atoms with Crippen LogP contribution in [0.3, 0.4) is 0 Å². The first-order valence-corrected chi connectivity index (χ1v) is 6.80. The van der Waals surface area contributed by atoms with Crippen molar-refractivity contribution < 1.29 is 4.74 Å². The van der Waals surface area contributed by atoms with Gasteiger partial charge in [0.2, 0.25) is 5.88 Å². The van der Waals surface area contributed by atoms with Crippen LogP contribution in [0.5, 0.6) is 5.88 Å². The Morgan fingerprint density at radius 1 is 1.26 bits per heavy atom. The molecule has 0 saturated carbocycles. The highest BCUT2D eigenvalue weighted by atomic mass is 16.5. The summed E-state index contributed by atoms with van der Waals surface area (Å²) < 4.78 is 5.34. The molecule has 5 heteroatoms. The lowest BCUT2D eigenvalue weighted by molar-refractivity contribution is 0.0912. The molecule has 0 spiro atoms. The number of methoxy groups -OCH3 is 1. The molecule has 0 bridgehead atoms. The minimum Gasteiger partial charge on any atom is -0.480 e. The Bertz CT molecular complexity index is 391. The Morgan fingerprint density at radius 2 is 1.84 bits per heavy atom. The van der Waals surface area contributed by atoms with Gasteiger partial charge < -0.3 is 10.1 Å². The zero-order valence-electron chi connectivity index (χ0n) is 12.9. The van der Waals surface area contributed by atoms with Crippen LogP contribution in [-0.4, -0.2) is 47.7 Å². The van der Waals surface area contributed by atoms with Crippen LogP contribution in [0.15, 0.2) is 12.4 Å². The molecule has 1 atom stereocenters. The van der Waals surface area contributed by atoms with Crippen LogP contribution in [-0.2, 0) is 0 Å². The third-order valence-corrected chi connectivity index (χ3v) is 3.73. The van der Waals surface area contributed by atoms with Gasteiger partial charge in [-0.3, -0.25) is 9.88 Å². The lowest BCUT2D eigenvalue weighted by Crippen LogP contribution is -2.52. The van der Waals surface area contributed by atoms with Gasteiger partial charge in [-0.2, -0.15) is 0 Å². The number of likely N-dealkylation sites (N-methyl/N-ethyl adjacent to an activating group) is 2. The Labute approximate surface area is 116 Å². The second-order valence-electron chi connectivity index (χ2n) is 5.00. The van der Waals surface area contributed by atoms with E-state index in [-0.39, 0.29) is 11.6 Å². The normalized spacial score (nSPS) is 13.6. The summed E-state index contributed by atoms with van der Waals surface area (Å²) in [6.07, 6.45) is 3.36. The molecule has 1 unspecified atom stereocenters. The van der Waals surface area contributed by atoms with E-state index in [9.17, 15) is 0 Å². The number of rotatable bonds is 7. The molecule has 0 aromatic carbocycles. The number of hydrogen-bond donors (Lipinski definition) is 1. The van der Waals surface area contributed by atoms with Gasteiger partial charge in [-0.1, -0.05) is 13.8 Å². The lowest BCUT2D eigenvalue weighted by Gasteiger charge is -2.43. The molecule has 1 heterocycles. The number of hydrogen-bond acceptors (Lipinski definition) is 5. The predicted octanol–water partition coefficient (Wildman–Crippen LogP) is 1.87. The maximum Gasteiger partial charge on any atom is 0.237 e. The molecule has 19 heavy (non-hydrogen) atoms. The summed E-state index contributed by atoms with van der Waals surface area (Å²) in [5, 5.41) is 3.36. The maximum atomic E-state index is 5.34. The highest BCUT2D eigenvalue weighted by Crippen LogP contribution is 2.33. The Morgan fingerprint density at radius 3 is 2.32 bits per heavy atom. The minimum atomic E-state index is -0.0818. The Balaban J connectivity index is 3.18. The predicted molar refractivity (Wildman–Crippen MR) is 77.4 cm³/mol. The fourth-order valence-electron chi connectivity index (χ4n) is 2.74. The fourth-order valence-corrected chi connectivity index (χ4v) is 2.74. The summed E-state index contributed by atoms with van der Waals surface area (Å²) in [4.78, 5) is 11.1. The first kappa shape index (κ1) is 15.9. The molecule has 1 aromatic heterocycles. The summed E-state index contributed by atoms with van der Waals surface area (Å²) >= 11 is 0. The first-order chi connectivity index (χ1) is 9.02. The van der Waals surface area contributed by atoms with E-state index in [1.54, 1.807) is 19.5 Å². The second-order valence-corrected chi connectivity index (χ2v) is 5.00. The molecule has 0 aliphatic rings. The van der Waals surface area contributed by atoms with E-state index < -0.39 is 0 Å². The molecule has 1 N–H and O–H groups in total. The fraction of sp³-hybridized carbons (Fsp3) is 0.714. The number of ether oxygens (including phenoxy) is 1. The van der Waals surface area contributed by atoms with Gasteiger partial charge in [-0.05, 0) is 34.0 Å². The van der Waals surface area contributed by atoms with Crippen LogP contribution in [0.1, 0.15) is 39.4 Å². The van der Waals surface area contributed by atoms with Crippen molar-refractivity contribution in [3.63, 3.8) is 0 Å². The third kappa shape index (κ3) is 3.22. The molecule has 5 nitrogen and oxygen atoms in total. The maximum absolute atomic E-state index is 5.34. The summed E-state index contributed by atoms with van der Waals surface area (Å²) in [5.41, 5.74) is 0.770. The van der Waals surface area contributed by atoms with Crippen molar-refractivity contribution in [1.82, 2.24) is 20.2 Å². The lowest BCUT2D eigenvalue weighted by atomic mass is 9.89. The van der Waals surface area contributed by atoms with Crippen LogP contribution < -0.4 is 10.1 Å². The standard InChI is InChI=1S/C14H26N4O/c1-7-18(8-2)14(3,4)12(15-5)11-13(19-6)17-10-9-16-11/h9-10,12,15H,7-8H2,1-6H3. The first-order valence-electron chi connectivity index (χ1n) is 6.80. The molecule has 1 rings (SSSR count). The van der Waals surface area contributed by atoms with E-state index in [0.29, 0.717) is 5.88 Å². The summed E-state index contributed by atoms with van der Waals surface area (Å²) in [5.74, 6) is 0.585. The summed E-state index contributed by atoms with van der Waals surface area (Å²) in [7, 11) is 3.58. The van der Waals surface area contributed by atoms with Crippen molar-refractivity contribution in [3.8, 4) is 5.88 Å². The van der Waals surface area contributed by atoms with E-state index in [2.05, 4.69) is 47.9 Å². The highest BCUT2D eigenvalue weighted by Gasteiger charge is 2.36. The number of nitrogens with zero attached hydrogens (tertiary/aromatic N) is 3. The molecule has 0 radical (unpaired) electrons. The van der Waals surface area contributed by atoms with Gasteiger partial charge in [0.05, 0.1) is 13.2 Å². The van der Waals surface area contributed by atoms with Crippen LogP contribution in [0, 0.1) is 0 Å². The molecule has 1 aromatic rings. The van der Waals surface area contributed by atoms with E-state index in [1.807, 2.05) is 7.05 Å². The monoisotopic (exact) mass is 266 g/mol. The zero-order valence-corrected chi connectivity index (χ0v) is 12.9. The smallest absolute Gasteiger partial charge is 0.237 e. The highest BCUT2D eigenvalue weighted by molar-refractivity contribution is 5.24. The van der Waals surface area contributed by atoms with E-state index in [1.165, 1.54) is 0 Å². The molecule has 0 amide bonds. The van der Waals surface area contributed by atoms with Gasteiger partial charge in [-0.25, -0.2) is 4.98 Å². The van der Waals surface area contributed by atoms with Gasteiger partial charge in [0.25, 0.3) is 0 Å². The van der Waals surface area contributed by atoms with E-state index in [0.717, 1.165) is 18.8 Å². The number of aromatic nitrogens is 2. The van der Waals surface area contributed by atoms with Crippen molar-refractivity contribution in [2.24, 2.45) is 0 Å². The molecular formula is C14H26N4O. The van der Waals surface area contributed by atoms with Gasteiger partial charge in [-0.15, -0.1) is 0 Å². The molecule has 0 aliphatic heterocycles. The summed E-state index contributed by atoms with van der Waals surface area (Å²) in [6, 6.07) is 0.0519. The molecule has 0 fully saturated rings. The average molecular weight is 266 g/mol. The van der Waals surface area contributed by atoms with Gasteiger partial charge in [0.1, 0.15) is 5.69 Å². The Kier molecular flexibility index (Phi) is 5.69. The van der Waals surface area contributed by atoms with Crippen molar-refractivity contribution in [3.05, 3.63) is 18.1 Å². The average Bonchev–Trinajstić information content (AvgIpc) is 2.40. The van der Waals surface area contributed by atoms with Crippen molar-refractivity contribution in [2.75, 3.05) is 27.2 Å². The molecule has 0 saturated heterocycles. The van der Waals surface area contributed by atoms with E-state index in [4.69, 9.17) is 4.74 Å². The summed E-state index contributed by atoms with van der Waals surface area (Å²) in [6.45, 7) is 10.8. The van der Waals surface area contributed by atoms with Gasteiger partial charge in [0.15, 0.2) is 0 Å². The quantitative estimate of drug-likeness (QED) is 0.816. The SMILES string of the molecule is CCN(CC)C(C)(C)C(NC)c1nccnc1OC. The molecule has 0 aliphatic carbocycles. The van der Waals surface area contributed by atoms with Crippen LogP contribution >= 0.6 is 0 Å². The topological polar surface area (TPSA) is 50.3 Å². The molecular weight excluding hydrogens is 240 g/mol. The van der Waals surface area contributed by atoms with E-state index >= 15 is 0 Å². The van der Waals surface area contributed by atoms with Crippen LogP contribution in [0.2, 0.25) is 0 Å². The van der Waals surface area contributed by atoms with Crippen LogP contribution in [0.4, 0.5) is 0 Å². The van der Waals surface area contributed by atoms with Gasteiger partial charge in [0, 0.05) is 17.9 Å². The minimum absolute atomic E-state index is 0.0519. The van der Waals surface area contributed by atoms with Crippen molar-refractivity contribution in [1.29, 1.82) is 0 Å². The van der Waals surface area contributed by atoms with Gasteiger partial charge >= 0.3 is 0 Å². The zero-order chi connectivity index (χ0) is 14.5. The second kappa shape index (κ2) is 6.82. The molecule has 108 valence electrons. The van der Waals surface area contributed by atoms with Crippen LogP contribution in [0.25, 0.3) is 0 Å². The number of nitrogens with one attached hydrogen (secondary N) is 1. The third-order valence-electron chi connectivity index (χ3n) is 3.73. The largest absolute Gasteiger partial charge is 0.480 e. The van der Waals surface area contributed by atoms with Crippen molar-refractivity contribution in [2.45, 2.75) is 39.3 Å².